The van der Waals surface area contributed by atoms with Crippen molar-refractivity contribution >= 4 is 11.6 Å². The third-order valence-electron chi connectivity index (χ3n) is 4.74. The molecule has 0 radical (unpaired) electrons. The molecule has 1 aliphatic heterocycles. The lowest BCUT2D eigenvalue weighted by molar-refractivity contribution is -0.130. The first kappa shape index (κ1) is 19.5. The summed E-state index contributed by atoms with van der Waals surface area (Å²) >= 11 is 0. The lowest BCUT2D eigenvalue weighted by Gasteiger charge is -2.23. The Bertz CT molecular complexity index is 910. The van der Waals surface area contributed by atoms with Gasteiger partial charge in [-0.05, 0) is 24.3 Å². The number of carbonyl (C=O) groups is 1. The number of ether oxygens (including phenoxy) is 4. The van der Waals surface area contributed by atoms with Gasteiger partial charge >= 0.3 is 0 Å². The molecule has 3 rings (SSSR count). The van der Waals surface area contributed by atoms with E-state index in [1.807, 2.05) is 36.4 Å². The smallest absolute Gasteiger partial charge is 0.240 e. The van der Waals surface area contributed by atoms with Gasteiger partial charge in [-0.15, -0.1) is 0 Å². The molecule has 0 N–H and O–H groups in total. The maximum Gasteiger partial charge on any atom is 0.240 e. The normalized spacial score (nSPS) is 15.8. The Hall–Kier alpha value is -3.22. The van der Waals surface area contributed by atoms with Crippen LogP contribution in [0.3, 0.4) is 0 Å². The molecule has 0 saturated carbocycles. The number of methoxy groups -OCH3 is 4. The van der Waals surface area contributed by atoms with E-state index >= 15 is 0 Å². The van der Waals surface area contributed by atoms with Gasteiger partial charge < -0.3 is 18.9 Å². The van der Waals surface area contributed by atoms with Crippen LogP contribution < -0.4 is 18.9 Å². The first-order valence-corrected chi connectivity index (χ1v) is 8.84. The van der Waals surface area contributed by atoms with Crippen LogP contribution in [0.4, 0.5) is 0 Å². The van der Waals surface area contributed by atoms with E-state index in [1.54, 1.807) is 28.4 Å². The molecule has 0 aliphatic carbocycles. The Morgan fingerprint density at radius 3 is 2.36 bits per heavy atom. The minimum Gasteiger partial charge on any atom is -0.497 e. The summed E-state index contributed by atoms with van der Waals surface area (Å²) in [5.74, 6) is 2.40. The monoisotopic (exact) mass is 384 g/mol. The van der Waals surface area contributed by atoms with Crippen LogP contribution in [0.2, 0.25) is 0 Å². The summed E-state index contributed by atoms with van der Waals surface area (Å²) in [6, 6.07) is 10.8. The summed E-state index contributed by atoms with van der Waals surface area (Å²) < 4.78 is 21.8. The summed E-state index contributed by atoms with van der Waals surface area (Å²) in [6.45, 7) is 1.49. The largest absolute Gasteiger partial charge is 0.497 e. The fourth-order valence-electron chi connectivity index (χ4n) is 3.42. The highest BCUT2D eigenvalue weighted by atomic mass is 16.5. The number of carbonyl (C=O) groups excluding carboxylic acids is 1. The van der Waals surface area contributed by atoms with Crippen LogP contribution in [-0.4, -0.2) is 45.1 Å². The van der Waals surface area contributed by atoms with Crippen molar-refractivity contribution in [1.82, 2.24) is 5.01 Å². The van der Waals surface area contributed by atoms with Gasteiger partial charge in [0.2, 0.25) is 5.91 Å². The highest BCUT2D eigenvalue weighted by molar-refractivity contribution is 6.05. The van der Waals surface area contributed by atoms with Gasteiger partial charge in [-0.1, -0.05) is 12.1 Å². The van der Waals surface area contributed by atoms with Crippen LogP contribution in [-0.2, 0) is 4.79 Å². The number of hydrazone groups is 1. The molecule has 0 saturated heterocycles. The summed E-state index contributed by atoms with van der Waals surface area (Å²) in [5, 5.41) is 6.08. The molecule has 0 bridgehead atoms. The predicted octanol–water partition coefficient (Wildman–Crippen LogP) is 3.42. The van der Waals surface area contributed by atoms with Crippen molar-refractivity contribution in [3.63, 3.8) is 0 Å². The van der Waals surface area contributed by atoms with E-state index in [0.717, 1.165) is 16.8 Å². The number of para-hydroxylation sites is 1. The topological polar surface area (TPSA) is 69.6 Å². The van der Waals surface area contributed by atoms with E-state index in [-0.39, 0.29) is 11.9 Å². The van der Waals surface area contributed by atoms with Crippen LogP contribution in [0.15, 0.2) is 41.5 Å². The summed E-state index contributed by atoms with van der Waals surface area (Å²) in [7, 11) is 6.38. The van der Waals surface area contributed by atoms with E-state index in [0.29, 0.717) is 29.4 Å². The predicted molar refractivity (Wildman–Crippen MR) is 106 cm³/mol. The maximum atomic E-state index is 12.3. The fraction of sp³-hybridized carbons (Fsp3) is 0.333. The number of rotatable bonds is 6. The summed E-state index contributed by atoms with van der Waals surface area (Å²) in [4.78, 5) is 12.3. The third kappa shape index (κ3) is 3.47. The van der Waals surface area contributed by atoms with E-state index in [1.165, 1.54) is 11.9 Å². The second-order valence-corrected chi connectivity index (χ2v) is 6.28. The zero-order valence-electron chi connectivity index (χ0n) is 16.7. The van der Waals surface area contributed by atoms with Gasteiger partial charge in [0.15, 0.2) is 11.5 Å². The maximum absolute atomic E-state index is 12.3. The zero-order chi connectivity index (χ0) is 20.3. The molecule has 1 heterocycles. The molecule has 1 atom stereocenters. The molecule has 1 aliphatic rings. The lowest BCUT2D eigenvalue weighted by Crippen LogP contribution is -2.24. The van der Waals surface area contributed by atoms with Crippen LogP contribution >= 0.6 is 0 Å². The van der Waals surface area contributed by atoms with Gasteiger partial charge in [-0.3, -0.25) is 4.79 Å². The van der Waals surface area contributed by atoms with Crippen LogP contribution in [0.1, 0.15) is 30.5 Å². The minimum atomic E-state index is -0.312. The second kappa shape index (κ2) is 8.21. The van der Waals surface area contributed by atoms with Crippen molar-refractivity contribution in [1.29, 1.82) is 0 Å². The van der Waals surface area contributed by atoms with Crippen molar-refractivity contribution in [3.05, 3.63) is 47.5 Å². The second-order valence-electron chi connectivity index (χ2n) is 6.28. The van der Waals surface area contributed by atoms with Crippen molar-refractivity contribution in [3.8, 4) is 23.0 Å². The average molecular weight is 384 g/mol. The van der Waals surface area contributed by atoms with Crippen molar-refractivity contribution in [2.75, 3.05) is 28.4 Å². The fourth-order valence-corrected chi connectivity index (χ4v) is 3.42. The van der Waals surface area contributed by atoms with Crippen LogP contribution in [0.25, 0.3) is 0 Å². The molecule has 148 valence electrons. The van der Waals surface area contributed by atoms with Gasteiger partial charge in [0, 0.05) is 24.5 Å². The van der Waals surface area contributed by atoms with E-state index < -0.39 is 0 Å². The Morgan fingerprint density at radius 1 is 1.00 bits per heavy atom. The highest BCUT2D eigenvalue weighted by Gasteiger charge is 2.35. The molecule has 0 unspecified atom stereocenters. The summed E-state index contributed by atoms with van der Waals surface area (Å²) in [6.07, 6.45) is 0.507. The molecule has 7 heteroatoms. The third-order valence-corrected chi connectivity index (χ3v) is 4.74. The number of nitrogens with zero attached hydrogens (tertiary/aromatic N) is 2. The van der Waals surface area contributed by atoms with Crippen molar-refractivity contribution < 1.29 is 23.7 Å². The minimum absolute atomic E-state index is 0.160. The molecule has 0 spiro atoms. The quantitative estimate of drug-likeness (QED) is 0.763. The van der Waals surface area contributed by atoms with Gasteiger partial charge in [0.25, 0.3) is 0 Å². The number of amides is 1. The molecule has 7 nitrogen and oxygen atoms in total. The van der Waals surface area contributed by atoms with E-state index in [2.05, 4.69) is 5.10 Å². The average Bonchev–Trinajstić information content (AvgIpc) is 3.18. The first-order chi connectivity index (χ1) is 13.5. The lowest BCUT2D eigenvalue weighted by atomic mass is 9.96. The Balaban J connectivity index is 2.07. The Labute approximate surface area is 164 Å². The molecule has 2 aromatic rings. The summed E-state index contributed by atoms with van der Waals surface area (Å²) in [5.41, 5.74) is 2.36. The molecular formula is C21H24N2O5. The van der Waals surface area contributed by atoms with E-state index in [9.17, 15) is 4.79 Å². The van der Waals surface area contributed by atoms with Gasteiger partial charge in [-0.2, -0.15) is 5.10 Å². The molecule has 28 heavy (non-hydrogen) atoms. The Morgan fingerprint density at radius 2 is 1.75 bits per heavy atom. The van der Waals surface area contributed by atoms with Gasteiger partial charge in [-0.25, -0.2) is 5.01 Å². The molecular weight excluding hydrogens is 360 g/mol. The van der Waals surface area contributed by atoms with Crippen molar-refractivity contribution in [2.24, 2.45) is 5.10 Å². The molecule has 2 aromatic carbocycles. The number of hydrogen-bond acceptors (Lipinski definition) is 6. The molecule has 0 fully saturated rings. The van der Waals surface area contributed by atoms with Crippen LogP contribution in [0, 0.1) is 0 Å². The SMILES string of the molecule is COc1ccc(OC)c(C2=NN(C(C)=O)[C@H](c3cccc(OC)c3OC)C2)c1. The van der Waals surface area contributed by atoms with Crippen molar-refractivity contribution in [2.45, 2.75) is 19.4 Å². The molecule has 1 amide bonds. The van der Waals surface area contributed by atoms with E-state index in [4.69, 9.17) is 18.9 Å². The first-order valence-electron chi connectivity index (χ1n) is 8.84. The number of benzene rings is 2. The highest BCUT2D eigenvalue weighted by Crippen LogP contribution is 2.42. The number of hydrogen-bond donors (Lipinski definition) is 0. The zero-order valence-corrected chi connectivity index (χ0v) is 16.7. The Kier molecular flexibility index (Phi) is 5.73. The standard InChI is InChI=1S/C21H24N2O5/c1-13(24)23-18(15-7-6-8-20(27-4)21(15)28-5)12-17(22-23)16-11-14(25-2)9-10-19(16)26-3/h6-11,18H,12H2,1-5H3/t18-/m0/s1. The van der Waals surface area contributed by atoms with Gasteiger partial charge in [0.05, 0.1) is 40.2 Å². The van der Waals surface area contributed by atoms with Crippen LogP contribution in [0.5, 0.6) is 23.0 Å². The van der Waals surface area contributed by atoms with Gasteiger partial charge in [0.1, 0.15) is 11.5 Å². The molecule has 0 aromatic heterocycles.